The number of hydrazine groups is 1. The zero-order valence-corrected chi connectivity index (χ0v) is 9.63. The minimum Gasteiger partial charge on any atom is -0.739 e. The number of esters is 1. The lowest BCUT2D eigenvalue weighted by atomic mass is 10.5. The fourth-order valence-corrected chi connectivity index (χ4v) is 1.08. The van der Waals surface area contributed by atoms with Crippen molar-refractivity contribution >= 4 is 12.0 Å². The SMILES string of the molecule is CC(=O)OCCOCN1C=C(C)N([O-])NC1=O. The average molecular weight is 244 g/mol. The maximum Gasteiger partial charge on any atom is 0.341 e. The van der Waals surface area contributed by atoms with Gasteiger partial charge in [-0.1, -0.05) is 0 Å². The number of rotatable bonds is 5. The molecule has 0 fully saturated rings. The lowest BCUT2D eigenvalue weighted by Crippen LogP contribution is -2.49. The number of amides is 2. The van der Waals surface area contributed by atoms with Gasteiger partial charge in [0.2, 0.25) is 0 Å². The van der Waals surface area contributed by atoms with Crippen molar-refractivity contribution < 1.29 is 19.1 Å². The summed E-state index contributed by atoms with van der Waals surface area (Å²) in [7, 11) is 0. The second-order valence-electron chi connectivity index (χ2n) is 3.33. The first kappa shape index (κ1) is 13.3. The number of nitrogens with zero attached hydrogens (tertiary/aromatic N) is 2. The smallest absolute Gasteiger partial charge is 0.341 e. The minimum absolute atomic E-state index is 0.0156. The maximum atomic E-state index is 11.3. The van der Waals surface area contributed by atoms with Gasteiger partial charge in [-0.2, -0.15) is 0 Å². The van der Waals surface area contributed by atoms with Crippen molar-refractivity contribution in [3.8, 4) is 0 Å². The number of urea groups is 1. The molecule has 1 aliphatic rings. The summed E-state index contributed by atoms with van der Waals surface area (Å²) >= 11 is 0. The molecule has 0 atom stereocenters. The molecule has 1 heterocycles. The molecule has 1 N–H and O–H groups in total. The zero-order valence-electron chi connectivity index (χ0n) is 9.63. The first-order valence-electron chi connectivity index (χ1n) is 4.94. The summed E-state index contributed by atoms with van der Waals surface area (Å²) in [6, 6.07) is -0.571. The molecule has 96 valence electrons. The zero-order chi connectivity index (χ0) is 12.8. The molecule has 0 bridgehead atoms. The molecular weight excluding hydrogens is 230 g/mol. The van der Waals surface area contributed by atoms with Crippen molar-refractivity contribution in [2.24, 2.45) is 0 Å². The molecule has 1 aliphatic heterocycles. The highest BCUT2D eigenvalue weighted by atomic mass is 16.6. The quantitative estimate of drug-likeness (QED) is 0.545. The largest absolute Gasteiger partial charge is 0.739 e. The third-order valence-electron chi connectivity index (χ3n) is 1.88. The molecule has 1 rings (SSSR count). The fraction of sp³-hybridized carbons (Fsp3) is 0.556. The lowest BCUT2D eigenvalue weighted by Gasteiger charge is -2.38. The number of hydrogen-bond donors (Lipinski definition) is 1. The van der Waals surface area contributed by atoms with Gasteiger partial charge in [0, 0.05) is 18.8 Å². The lowest BCUT2D eigenvalue weighted by molar-refractivity contribution is -0.142. The standard InChI is InChI=1S/C9H14N3O5/c1-7-5-11(9(14)10-12(7)15)6-16-3-4-17-8(2)13/h5H,3-4,6H2,1-2H3,(H,10,14)/q-1. The van der Waals surface area contributed by atoms with Crippen molar-refractivity contribution in [3.05, 3.63) is 17.1 Å². The van der Waals surface area contributed by atoms with Gasteiger partial charge in [-0.3, -0.25) is 15.1 Å². The third kappa shape index (κ3) is 4.29. The summed E-state index contributed by atoms with van der Waals surface area (Å²) in [6.45, 7) is 3.14. The third-order valence-corrected chi connectivity index (χ3v) is 1.88. The molecule has 0 radical (unpaired) electrons. The van der Waals surface area contributed by atoms with E-state index in [1.807, 2.05) is 0 Å². The Morgan fingerprint density at radius 2 is 2.24 bits per heavy atom. The summed E-state index contributed by atoms with van der Waals surface area (Å²) in [4.78, 5) is 22.9. The van der Waals surface area contributed by atoms with Gasteiger partial charge < -0.3 is 19.9 Å². The number of allylic oxidation sites excluding steroid dienone is 1. The van der Waals surface area contributed by atoms with Crippen LogP contribution in [-0.2, 0) is 14.3 Å². The van der Waals surface area contributed by atoms with Gasteiger partial charge in [0.25, 0.3) is 0 Å². The molecule has 8 heteroatoms. The summed E-state index contributed by atoms with van der Waals surface area (Å²) in [5.41, 5.74) is 2.41. The summed E-state index contributed by atoms with van der Waals surface area (Å²) in [5.74, 6) is -0.387. The maximum absolute atomic E-state index is 11.3. The van der Waals surface area contributed by atoms with Crippen LogP contribution in [0.2, 0.25) is 0 Å². The summed E-state index contributed by atoms with van der Waals surface area (Å²) < 4.78 is 9.74. The molecule has 0 aliphatic carbocycles. The van der Waals surface area contributed by atoms with Crippen LogP contribution >= 0.6 is 0 Å². The molecule has 8 nitrogen and oxygen atoms in total. The van der Waals surface area contributed by atoms with Gasteiger partial charge in [0.1, 0.15) is 13.3 Å². The first-order valence-corrected chi connectivity index (χ1v) is 4.94. The normalized spacial score (nSPS) is 15.5. The molecule has 0 aromatic heterocycles. The Morgan fingerprint density at radius 3 is 2.88 bits per heavy atom. The van der Waals surface area contributed by atoms with Crippen LogP contribution in [0.25, 0.3) is 0 Å². The van der Waals surface area contributed by atoms with Crippen LogP contribution in [0.15, 0.2) is 11.9 Å². The highest BCUT2D eigenvalue weighted by Crippen LogP contribution is 2.07. The van der Waals surface area contributed by atoms with E-state index < -0.39 is 6.03 Å². The topological polar surface area (TPSA) is 94.2 Å². The summed E-state index contributed by atoms with van der Waals surface area (Å²) in [6.07, 6.45) is 1.37. The molecular formula is C9H14N3O5-. The second-order valence-corrected chi connectivity index (χ2v) is 3.33. The fourth-order valence-electron chi connectivity index (χ4n) is 1.08. The molecule has 0 aromatic carbocycles. The van der Waals surface area contributed by atoms with E-state index >= 15 is 0 Å². The van der Waals surface area contributed by atoms with E-state index in [0.717, 1.165) is 0 Å². The van der Waals surface area contributed by atoms with Gasteiger partial charge in [0.05, 0.1) is 6.61 Å². The molecule has 0 saturated heterocycles. The van der Waals surface area contributed by atoms with E-state index in [0.29, 0.717) is 10.9 Å². The summed E-state index contributed by atoms with van der Waals surface area (Å²) in [5, 5.41) is 11.4. The van der Waals surface area contributed by atoms with Crippen LogP contribution in [-0.4, -0.2) is 42.0 Å². The molecule has 0 unspecified atom stereocenters. The molecule has 2 amide bonds. The van der Waals surface area contributed by atoms with E-state index in [1.54, 1.807) is 6.92 Å². The number of hydroxylamine groups is 1. The van der Waals surface area contributed by atoms with Crippen molar-refractivity contribution in [1.82, 2.24) is 15.5 Å². The molecule has 0 saturated carbocycles. The Hall–Kier alpha value is -1.80. The number of carbonyl (C=O) groups is 2. The van der Waals surface area contributed by atoms with Crippen molar-refractivity contribution in [1.29, 1.82) is 0 Å². The Labute approximate surface area is 98.3 Å². The minimum atomic E-state index is -0.571. The predicted octanol–water partition coefficient (Wildman–Crippen LogP) is 0.125. The van der Waals surface area contributed by atoms with Crippen molar-refractivity contribution in [2.75, 3.05) is 19.9 Å². The highest BCUT2D eigenvalue weighted by Gasteiger charge is 2.17. The van der Waals surface area contributed by atoms with E-state index in [9.17, 15) is 14.8 Å². The van der Waals surface area contributed by atoms with Crippen LogP contribution in [0.4, 0.5) is 4.79 Å². The average Bonchev–Trinajstić information content (AvgIpc) is 2.24. The van der Waals surface area contributed by atoms with E-state index in [-0.39, 0.29) is 25.9 Å². The van der Waals surface area contributed by atoms with Crippen molar-refractivity contribution in [2.45, 2.75) is 13.8 Å². The van der Waals surface area contributed by atoms with Gasteiger partial charge >= 0.3 is 12.0 Å². The number of carbonyl (C=O) groups excluding carboxylic acids is 2. The van der Waals surface area contributed by atoms with Gasteiger partial charge in [-0.05, 0) is 6.92 Å². The Kier molecular flexibility index (Phi) is 4.73. The molecule has 0 aromatic rings. The van der Waals surface area contributed by atoms with Crippen LogP contribution in [0, 0.1) is 5.21 Å². The number of ether oxygens (including phenoxy) is 2. The van der Waals surface area contributed by atoms with Crippen molar-refractivity contribution in [3.63, 3.8) is 0 Å². The molecule has 17 heavy (non-hydrogen) atoms. The van der Waals surface area contributed by atoms with E-state index in [4.69, 9.17) is 4.74 Å². The highest BCUT2D eigenvalue weighted by molar-refractivity contribution is 5.75. The van der Waals surface area contributed by atoms with E-state index in [2.05, 4.69) is 10.2 Å². The van der Waals surface area contributed by atoms with Crippen LogP contribution in [0.1, 0.15) is 13.8 Å². The molecule has 0 spiro atoms. The second kappa shape index (κ2) is 6.06. The van der Waals surface area contributed by atoms with Crippen LogP contribution in [0.5, 0.6) is 0 Å². The Bertz CT molecular complexity index is 331. The number of nitrogens with one attached hydrogen (secondary N) is 1. The Balaban J connectivity index is 2.27. The van der Waals surface area contributed by atoms with Crippen LogP contribution < -0.4 is 5.43 Å². The van der Waals surface area contributed by atoms with E-state index in [1.165, 1.54) is 18.0 Å². The monoisotopic (exact) mass is 244 g/mol. The predicted molar refractivity (Wildman–Crippen MR) is 56.8 cm³/mol. The van der Waals surface area contributed by atoms with Gasteiger partial charge in [0.15, 0.2) is 0 Å². The van der Waals surface area contributed by atoms with Gasteiger partial charge in [-0.25, -0.2) is 4.79 Å². The Morgan fingerprint density at radius 1 is 1.53 bits per heavy atom. The van der Waals surface area contributed by atoms with Gasteiger partial charge in [-0.15, -0.1) is 0 Å². The first-order chi connectivity index (χ1) is 8.00. The van der Waals surface area contributed by atoms with Crippen LogP contribution in [0.3, 0.4) is 0 Å². The number of hydrogen-bond acceptors (Lipinski definition) is 6.